The summed E-state index contributed by atoms with van der Waals surface area (Å²) in [5, 5.41) is 11.0. The van der Waals surface area contributed by atoms with Crippen molar-refractivity contribution < 1.29 is 9.90 Å². The van der Waals surface area contributed by atoms with Gasteiger partial charge in [0, 0.05) is 10.8 Å². The minimum atomic E-state index is -0.299. The lowest BCUT2D eigenvalue weighted by atomic mass is 9.41. The second-order valence-electron chi connectivity index (χ2n) is 9.32. The maximum absolute atomic E-state index is 11.8. The summed E-state index contributed by atoms with van der Waals surface area (Å²) in [6, 6.07) is 0. The first-order valence-electron chi connectivity index (χ1n) is 9.20. The highest BCUT2D eigenvalue weighted by Crippen LogP contribution is 2.71. The Morgan fingerprint density at radius 3 is 2.64 bits per heavy atom. The molecule has 2 bridgehead atoms. The minimum Gasteiger partial charge on any atom is -0.388 e. The van der Waals surface area contributed by atoms with Gasteiger partial charge in [-0.25, -0.2) is 0 Å². The van der Waals surface area contributed by atoms with Gasteiger partial charge in [0.2, 0.25) is 0 Å². The van der Waals surface area contributed by atoms with Crippen molar-refractivity contribution in [3.05, 3.63) is 12.2 Å². The summed E-state index contributed by atoms with van der Waals surface area (Å²) in [5.41, 5.74) is 1.26. The average Bonchev–Trinajstić information content (AvgIpc) is 2.68. The zero-order chi connectivity index (χ0) is 15.8. The van der Waals surface area contributed by atoms with Gasteiger partial charge >= 0.3 is 0 Å². The van der Waals surface area contributed by atoms with E-state index in [0.717, 1.165) is 37.7 Å². The molecule has 4 aliphatic carbocycles. The van der Waals surface area contributed by atoms with Gasteiger partial charge in [-0.15, -0.1) is 0 Å². The minimum absolute atomic E-state index is 0.0758. The molecule has 4 rings (SSSR count). The van der Waals surface area contributed by atoms with Crippen LogP contribution in [0.15, 0.2) is 12.2 Å². The fraction of sp³-hybridized carbons (Fsp3) is 0.850. The van der Waals surface area contributed by atoms with Crippen LogP contribution in [-0.2, 0) is 4.79 Å². The number of carbonyl (C=O) groups is 1. The van der Waals surface area contributed by atoms with E-state index in [1.165, 1.54) is 25.5 Å². The third-order valence-corrected chi connectivity index (χ3v) is 8.53. The third-order valence-electron chi connectivity index (χ3n) is 8.53. The van der Waals surface area contributed by atoms with E-state index in [1.807, 2.05) is 0 Å². The summed E-state index contributed by atoms with van der Waals surface area (Å²) < 4.78 is 0. The number of fused-ring (bicyclic) bond motifs is 3. The van der Waals surface area contributed by atoms with Crippen molar-refractivity contribution >= 4 is 6.29 Å². The highest BCUT2D eigenvalue weighted by molar-refractivity contribution is 5.60. The summed E-state index contributed by atoms with van der Waals surface area (Å²) in [6.45, 7) is 8.86. The number of hydrogen-bond acceptors (Lipinski definition) is 2. The highest BCUT2D eigenvalue weighted by Gasteiger charge is 2.66. The van der Waals surface area contributed by atoms with E-state index in [0.29, 0.717) is 17.8 Å². The molecule has 4 fully saturated rings. The SMILES string of the molecule is C=C1[C@@H]2CC[C@H]3[C@]4(C)CCC[C@@](C)(C=O)[C@@H]4CC[C@]3(C2)[C@H]1O. The van der Waals surface area contributed by atoms with Gasteiger partial charge in [0.25, 0.3) is 0 Å². The Morgan fingerprint density at radius 1 is 1.14 bits per heavy atom. The van der Waals surface area contributed by atoms with Crippen molar-refractivity contribution in [2.75, 3.05) is 0 Å². The van der Waals surface area contributed by atoms with Gasteiger partial charge in [-0.3, -0.25) is 0 Å². The Balaban J connectivity index is 1.78. The van der Waals surface area contributed by atoms with Crippen molar-refractivity contribution in [2.45, 2.75) is 71.3 Å². The van der Waals surface area contributed by atoms with Gasteiger partial charge in [-0.2, -0.15) is 0 Å². The number of aliphatic hydroxyl groups is 1. The van der Waals surface area contributed by atoms with Crippen LogP contribution in [0, 0.1) is 34.0 Å². The molecule has 0 aromatic carbocycles. The third kappa shape index (κ3) is 1.58. The maximum atomic E-state index is 11.8. The van der Waals surface area contributed by atoms with Gasteiger partial charge in [0.1, 0.15) is 6.29 Å². The Hall–Kier alpha value is -0.630. The molecular formula is C20H30O2. The van der Waals surface area contributed by atoms with Crippen LogP contribution in [-0.4, -0.2) is 17.5 Å². The standard InChI is InChI=1S/C20H30O2/c1-13-14-5-6-16-19(3)9-4-8-18(2,12-21)15(19)7-10-20(16,11-14)17(13)22/h12,14-17,22H,1,4-11H2,2-3H3/t14-,15+,16+,17+,18+,19-,20-/m1/s1. The zero-order valence-corrected chi connectivity index (χ0v) is 14.1. The highest BCUT2D eigenvalue weighted by atomic mass is 16.3. The van der Waals surface area contributed by atoms with E-state index in [1.54, 1.807) is 0 Å². The van der Waals surface area contributed by atoms with Gasteiger partial charge in [-0.1, -0.05) is 26.8 Å². The molecule has 1 spiro atoms. The first-order chi connectivity index (χ1) is 10.4. The summed E-state index contributed by atoms with van der Waals surface area (Å²) in [5.74, 6) is 1.62. The maximum Gasteiger partial charge on any atom is 0.126 e. The molecule has 1 N–H and O–H groups in total. The number of aldehydes is 1. The summed E-state index contributed by atoms with van der Waals surface area (Å²) in [7, 11) is 0. The molecule has 0 heterocycles. The fourth-order valence-electron chi connectivity index (χ4n) is 7.55. The van der Waals surface area contributed by atoms with Crippen LogP contribution in [0.3, 0.4) is 0 Å². The molecule has 4 aliphatic rings. The number of hydrogen-bond donors (Lipinski definition) is 1. The van der Waals surface area contributed by atoms with E-state index in [4.69, 9.17) is 0 Å². The number of rotatable bonds is 1. The summed E-state index contributed by atoms with van der Waals surface area (Å²) in [6.07, 6.45) is 10.2. The van der Waals surface area contributed by atoms with Gasteiger partial charge < -0.3 is 9.90 Å². The molecule has 4 saturated carbocycles. The molecule has 0 amide bonds. The second-order valence-corrected chi connectivity index (χ2v) is 9.32. The lowest BCUT2D eigenvalue weighted by molar-refractivity contribution is -0.172. The smallest absolute Gasteiger partial charge is 0.126 e. The van der Waals surface area contributed by atoms with Crippen LogP contribution in [0.25, 0.3) is 0 Å². The van der Waals surface area contributed by atoms with Gasteiger partial charge in [0.15, 0.2) is 0 Å². The van der Waals surface area contributed by atoms with Crippen molar-refractivity contribution in [3.63, 3.8) is 0 Å². The molecule has 0 aromatic heterocycles. The van der Waals surface area contributed by atoms with E-state index >= 15 is 0 Å². The second kappa shape index (κ2) is 4.47. The lowest BCUT2D eigenvalue weighted by Crippen LogP contribution is -2.59. The van der Waals surface area contributed by atoms with E-state index in [2.05, 4.69) is 20.4 Å². The summed E-state index contributed by atoms with van der Waals surface area (Å²) in [4.78, 5) is 11.8. The summed E-state index contributed by atoms with van der Waals surface area (Å²) >= 11 is 0. The van der Waals surface area contributed by atoms with Crippen LogP contribution in [0.5, 0.6) is 0 Å². The molecular weight excluding hydrogens is 272 g/mol. The number of carbonyl (C=O) groups excluding carboxylic acids is 1. The molecule has 22 heavy (non-hydrogen) atoms. The zero-order valence-electron chi connectivity index (χ0n) is 14.1. The topological polar surface area (TPSA) is 37.3 Å². The monoisotopic (exact) mass is 302 g/mol. The average molecular weight is 302 g/mol. The predicted octanol–water partition coefficient (Wildman–Crippen LogP) is 4.13. The molecule has 122 valence electrons. The van der Waals surface area contributed by atoms with Crippen LogP contribution < -0.4 is 0 Å². The molecule has 0 aromatic rings. The molecule has 0 saturated heterocycles. The largest absolute Gasteiger partial charge is 0.388 e. The molecule has 7 atom stereocenters. The fourth-order valence-corrected chi connectivity index (χ4v) is 7.55. The Morgan fingerprint density at radius 2 is 1.91 bits per heavy atom. The van der Waals surface area contributed by atoms with Crippen LogP contribution in [0.2, 0.25) is 0 Å². The van der Waals surface area contributed by atoms with E-state index in [-0.39, 0.29) is 22.3 Å². The lowest BCUT2D eigenvalue weighted by Gasteiger charge is -2.63. The van der Waals surface area contributed by atoms with Crippen molar-refractivity contribution in [1.82, 2.24) is 0 Å². The normalized spacial score (nSPS) is 57.1. The molecule has 0 aliphatic heterocycles. The quantitative estimate of drug-likeness (QED) is 0.584. The van der Waals surface area contributed by atoms with Crippen LogP contribution in [0.1, 0.15) is 65.2 Å². The Labute approximate surface area is 134 Å². The van der Waals surface area contributed by atoms with E-state index in [9.17, 15) is 9.90 Å². The Bertz CT molecular complexity index is 526. The molecule has 0 radical (unpaired) electrons. The van der Waals surface area contributed by atoms with E-state index < -0.39 is 0 Å². The van der Waals surface area contributed by atoms with Gasteiger partial charge in [-0.05, 0) is 73.7 Å². The van der Waals surface area contributed by atoms with Crippen LogP contribution >= 0.6 is 0 Å². The van der Waals surface area contributed by atoms with Crippen LogP contribution in [0.4, 0.5) is 0 Å². The van der Waals surface area contributed by atoms with Gasteiger partial charge in [0.05, 0.1) is 6.10 Å². The van der Waals surface area contributed by atoms with Crippen molar-refractivity contribution in [3.8, 4) is 0 Å². The molecule has 0 unspecified atom stereocenters. The first kappa shape index (κ1) is 14.9. The molecule has 2 nitrogen and oxygen atoms in total. The number of aliphatic hydroxyl groups excluding tert-OH is 1. The predicted molar refractivity (Wildman–Crippen MR) is 87.3 cm³/mol. The van der Waals surface area contributed by atoms with Crippen molar-refractivity contribution in [1.29, 1.82) is 0 Å². The van der Waals surface area contributed by atoms with Crippen molar-refractivity contribution in [2.24, 2.45) is 34.0 Å². The molecule has 2 heteroatoms. The first-order valence-corrected chi connectivity index (χ1v) is 9.20. The Kier molecular flexibility index (Phi) is 3.03.